The van der Waals surface area contributed by atoms with Crippen LogP contribution in [0.4, 0.5) is 5.69 Å². The number of amides is 1. The zero-order valence-corrected chi connectivity index (χ0v) is 23.5. The van der Waals surface area contributed by atoms with Gasteiger partial charge in [-0.3, -0.25) is 9.52 Å². The molecule has 0 unspecified atom stereocenters. The summed E-state index contributed by atoms with van der Waals surface area (Å²) in [5, 5.41) is 10.2. The van der Waals surface area contributed by atoms with Gasteiger partial charge in [-0.1, -0.05) is 18.5 Å². The molecule has 1 aliphatic rings. The molecule has 0 saturated carbocycles. The lowest BCUT2D eigenvalue weighted by atomic mass is 10.0. The molecule has 2 N–H and O–H groups in total. The van der Waals surface area contributed by atoms with Crippen LogP contribution in [0.15, 0.2) is 47.4 Å². The van der Waals surface area contributed by atoms with Gasteiger partial charge < -0.3 is 14.7 Å². The Kier molecular flexibility index (Phi) is 9.12. The maximum Gasteiger partial charge on any atom is 0.242 e. The third-order valence-corrected chi connectivity index (χ3v) is 8.87. The van der Waals surface area contributed by atoms with E-state index < -0.39 is 32.2 Å². The Morgan fingerprint density at radius 1 is 1.19 bits per heavy atom. The molecule has 2 aromatic rings. The van der Waals surface area contributed by atoms with Gasteiger partial charge in [0.2, 0.25) is 26.0 Å². The van der Waals surface area contributed by atoms with Gasteiger partial charge in [0.15, 0.2) is 0 Å². The van der Waals surface area contributed by atoms with Crippen molar-refractivity contribution in [1.82, 2.24) is 9.21 Å². The number of carbonyl (C=O) groups excluding carboxylic acids is 1. The molecule has 0 saturated heterocycles. The van der Waals surface area contributed by atoms with Gasteiger partial charge in [0.25, 0.3) is 0 Å². The summed E-state index contributed by atoms with van der Waals surface area (Å²) in [6, 6.07) is 9.98. The number of hydrogen-bond donors (Lipinski definition) is 2. The third kappa shape index (κ3) is 7.35. The number of hydrogen-bond acceptors (Lipinski definition) is 7. The molecule has 13 heteroatoms. The monoisotopic (exact) mass is 573 g/mol. The van der Waals surface area contributed by atoms with E-state index in [2.05, 4.69) is 4.72 Å². The van der Waals surface area contributed by atoms with Gasteiger partial charge in [0.1, 0.15) is 11.9 Å². The van der Waals surface area contributed by atoms with Gasteiger partial charge in [0.05, 0.1) is 36.8 Å². The second-order valence-corrected chi connectivity index (χ2v) is 13.6. The maximum absolute atomic E-state index is 13.2. The van der Waals surface area contributed by atoms with Crippen molar-refractivity contribution >= 4 is 43.2 Å². The van der Waals surface area contributed by atoms with Crippen LogP contribution in [0.3, 0.4) is 0 Å². The SMILES string of the molecule is C[C@@H]1CN([C@H](C)CO)C(=O)Cc2cc(NS(C)(=O)=O)ccc2O[C@@H]1CN(C)S(=O)(=O)c1ccc(Cl)cc1. The number of fused-ring (bicyclic) bond motifs is 1. The molecule has 3 atom stereocenters. The lowest BCUT2D eigenvalue weighted by Gasteiger charge is -2.33. The van der Waals surface area contributed by atoms with E-state index in [-0.39, 0.29) is 48.5 Å². The van der Waals surface area contributed by atoms with E-state index >= 15 is 0 Å². The highest BCUT2D eigenvalue weighted by Gasteiger charge is 2.33. The molecule has 10 nitrogen and oxygen atoms in total. The molecule has 1 amide bonds. The molecule has 1 aliphatic heterocycles. The van der Waals surface area contributed by atoms with Crippen LogP contribution in [-0.4, -0.2) is 82.2 Å². The lowest BCUT2D eigenvalue weighted by Crippen LogP contribution is -2.48. The minimum Gasteiger partial charge on any atom is -0.488 e. The molecule has 0 spiro atoms. The van der Waals surface area contributed by atoms with Crippen LogP contribution in [-0.2, 0) is 31.3 Å². The van der Waals surface area contributed by atoms with Crippen LogP contribution in [0.2, 0.25) is 5.02 Å². The van der Waals surface area contributed by atoms with Crippen molar-refractivity contribution in [2.45, 2.75) is 37.3 Å². The number of nitrogens with zero attached hydrogens (tertiary/aromatic N) is 2. The number of halogens is 1. The zero-order chi connectivity index (χ0) is 27.5. The summed E-state index contributed by atoms with van der Waals surface area (Å²) in [5.74, 6) is -0.238. The number of sulfonamides is 2. The van der Waals surface area contributed by atoms with E-state index in [0.29, 0.717) is 16.3 Å². The maximum atomic E-state index is 13.2. The van der Waals surface area contributed by atoms with Crippen molar-refractivity contribution in [1.29, 1.82) is 0 Å². The van der Waals surface area contributed by atoms with Crippen LogP contribution in [0.25, 0.3) is 0 Å². The Morgan fingerprint density at radius 2 is 1.84 bits per heavy atom. The molecule has 2 aromatic carbocycles. The number of rotatable bonds is 8. The van der Waals surface area contributed by atoms with E-state index in [1.165, 1.54) is 47.8 Å². The van der Waals surface area contributed by atoms with Gasteiger partial charge in [-0.05, 0) is 49.4 Å². The topological polar surface area (TPSA) is 133 Å². The summed E-state index contributed by atoms with van der Waals surface area (Å²) in [7, 11) is -5.96. The predicted molar refractivity (Wildman–Crippen MR) is 142 cm³/mol. The summed E-state index contributed by atoms with van der Waals surface area (Å²) in [6.45, 7) is 3.52. The van der Waals surface area contributed by atoms with Crippen LogP contribution in [0.5, 0.6) is 5.75 Å². The Labute approximate surface area is 223 Å². The number of benzene rings is 2. The van der Waals surface area contributed by atoms with Crippen LogP contribution in [0.1, 0.15) is 19.4 Å². The summed E-state index contributed by atoms with van der Waals surface area (Å²) in [6.07, 6.45) is 0.270. The summed E-state index contributed by atoms with van der Waals surface area (Å²) in [4.78, 5) is 14.9. The summed E-state index contributed by atoms with van der Waals surface area (Å²) in [5.41, 5.74) is 0.710. The number of ether oxygens (including phenoxy) is 1. The molecule has 0 fully saturated rings. The normalized spacial score (nSPS) is 19.9. The molecule has 37 heavy (non-hydrogen) atoms. The fourth-order valence-corrected chi connectivity index (χ4v) is 5.93. The van der Waals surface area contributed by atoms with Crippen molar-refractivity contribution in [2.24, 2.45) is 5.92 Å². The molecule has 3 rings (SSSR count). The average molecular weight is 574 g/mol. The Morgan fingerprint density at radius 3 is 2.43 bits per heavy atom. The van der Waals surface area contributed by atoms with Crippen molar-refractivity contribution in [3.63, 3.8) is 0 Å². The third-order valence-electron chi connectivity index (χ3n) is 6.18. The van der Waals surface area contributed by atoms with Gasteiger partial charge >= 0.3 is 0 Å². The highest BCUT2D eigenvalue weighted by molar-refractivity contribution is 7.92. The molecule has 0 aliphatic carbocycles. The molecular weight excluding hydrogens is 542 g/mol. The largest absolute Gasteiger partial charge is 0.488 e. The van der Waals surface area contributed by atoms with Crippen molar-refractivity contribution in [3.8, 4) is 5.75 Å². The average Bonchev–Trinajstić information content (AvgIpc) is 2.85. The van der Waals surface area contributed by atoms with Crippen LogP contribution < -0.4 is 9.46 Å². The van der Waals surface area contributed by atoms with Gasteiger partial charge in [-0.2, -0.15) is 4.31 Å². The highest BCUT2D eigenvalue weighted by Crippen LogP contribution is 2.30. The number of likely N-dealkylation sites (N-methyl/N-ethyl adjacent to an activating group) is 1. The zero-order valence-electron chi connectivity index (χ0n) is 21.1. The quantitative estimate of drug-likeness (QED) is 0.494. The van der Waals surface area contributed by atoms with Crippen molar-refractivity contribution in [2.75, 3.05) is 37.7 Å². The van der Waals surface area contributed by atoms with E-state index in [9.17, 15) is 26.7 Å². The Hall–Kier alpha value is -2.38. The second-order valence-electron chi connectivity index (χ2n) is 9.32. The molecule has 0 radical (unpaired) electrons. The molecule has 0 aromatic heterocycles. The van der Waals surface area contributed by atoms with E-state index in [1.54, 1.807) is 17.9 Å². The molecule has 204 valence electrons. The highest BCUT2D eigenvalue weighted by atomic mass is 35.5. The van der Waals surface area contributed by atoms with E-state index in [0.717, 1.165) is 6.26 Å². The first-order valence-electron chi connectivity index (χ1n) is 11.6. The lowest BCUT2D eigenvalue weighted by molar-refractivity contribution is -0.134. The molecule has 0 bridgehead atoms. The second kappa shape index (κ2) is 11.6. The minimum atomic E-state index is -3.86. The first-order chi connectivity index (χ1) is 17.2. The number of nitrogens with one attached hydrogen (secondary N) is 1. The Balaban J connectivity index is 1.99. The number of aliphatic hydroxyl groups excluding tert-OH is 1. The van der Waals surface area contributed by atoms with Gasteiger partial charge in [0, 0.05) is 35.8 Å². The van der Waals surface area contributed by atoms with Crippen molar-refractivity contribution in [3.05, 3.63) is 53.1 Å². The van der Waals surface area contributed by atoms with Crippen molar-refractivity contribution < 1.29 is 31.5 Å². The van der Waals surface area contributed by atoms with Crippen LogP contribution >= 0.6 is 11.6 Å². The fourth-order valence-electron chi connectivity index (χ4n) is 4.06. The van der Waals surface area contributed by atoms with Crippen LogP contribution in [0, 0.1) is 5.92 Å². The molecular formula is C24H32ClN3O7S2. The first-order valence-corrected chi connectivity index (χ1v) is 15.3. The standard InChI is InChI=1S/C24H32ClN3O7S2/c1-16-13-28(17(2)15-29)24(30)12-18-11-20(26-36(4,31)32)7-10-22(18)35-23(16)14-27(3)37(33,34)21-8-5-19(25)6-9-21/h5-11,16-17,23,26,29H,12-15H2,1-4H3/t16-,17-,23-/m1/s1. The smallest absolute Gasteiger partial charge is 0.242 e. The number of carbonyl (C=O) groups is 1. The van der Waals surface area contributed by atoms with Gasteiger partial charge in [-0.15, -0.1) is 0 Å². The fraction of sp³-hybridized carbons (Fsp3) is 0.458. The first kappa shape index (κ1) is 29.2. The predicted octanol–water partition coefficient (Wildman–Crippen LogP) is 2.18. The Bertz CT molecular complexity index is 1330. The van der Waals surface area contributed by atoms with E-state index in [1.807, 2.05) is 6.92 Å². The molecule has 1 heterocycles. The van der Waals surface area contributed by atoms with E-state index in [4.69, 9.17) is 16.3 Å². The number of aliphatic hydroxyl groups is 1. The summed E-state index contributed by atoms with van der Waals surface area (Å²) >= 11 is 5.91. The summed E-state index contributed by atoms with van der Waals surface area (Å²) < 4.78 is 59.7. The number of anilines is 1. The van der Waals surface area contributed by atoms with Gasteiger partial charge in [-0.25, -0.2) is 16.8 Å². The minimum absolute atomic E-state index is 0.0234.